The number of aliphatic carboxylic acids is 1. The SMILES string of the molecule is Cc1nc(NC(=O)COc2ccccc2Cl)sc1CC(=O)O. The molecule has 1 amide bonds. The zero-order chi connectivity index (χ0) is 16.1. The highest BCUT2D eigenvalue weighted by Crippen LogP contribution is 2.24. The monoisotopic (exact) mass is 340 g/mol. The molecule has 2 aromatic rings. The third-order valence-corrected chi connectivity index (χ3v) is 4.03. The van der Waals surface area contributed by atoms with Crippen LogP contribution < -0.4 is 10.1 Å². The molecule has 22 heavy (non-hydrogen) atoms. The van der Waals surface area contributed by atoms with E-state index in [9.17, 15) is 9.59 Å². The number of carbonyl (C=O) groups excluding carboxylic acids is 1. The van der Waals surface area contributed by atoms with Gasteiger partial charge in [0.15, 0.2) is 11.7 Å². The summed E-state index contributed by atoms with van der Waals surface area (Å²) in [4.78, 5) is 27.2. The van der Waals surface area contributed by atoms with Crippen LogP contribution in [0.2, 0.25) is 5.02 Å². The zero-order valence-corrected chi connectivity index (χ0v) is 13.2. The van der Waals surface area contributed by atoms with Gasteiger partial charge in [-0.1, -0.05) is 23.7 Å². The van der Waals surface area contributed by atoms with Crippen molar-refractivity contribution < 1.29 is 19.4 Å². The van der Waals surface area contributed by atoms with Gasteiger partial charge in [-0.3, -0.25) is 14.9 Å². The van der Waals surface area contributed by atoms with Gasteiger partial charge < -0.3 is 9.84 Å². The van der Waals surface area contributed by atoms with E-state index in [4.69, 9.17) is 21.4 Å². The predicted octanol–water partition coefficient (Wildman–Crippen LogP) is 2.75. The largest absolute Gasteiger partial charge is 0.482 e. The number of aromatic nitrogens is 1. The van der Waals surface area contributed by atoms with Gasteiger partial charge in [0.1, 0.15) is 5.75 Å². The Labute approximate surface area is 135 Å². The number of benzene rings is 1. The number of rotatable bonds is 6. The molecule has 2 N–H and O–H groups in total. The van der Waals surface area contributed by atoms with Gasteiger partial charge >= 0.3 is 5.97 Å². The Hall–Kier alpha value is -2.12. The molecule has 1 aromatic heterocycles. The van der Waals surface area contributed by atoms with Gasteiger partial charge in [0.2, 0.25) is 0 Å². The zero-order valence-electron chi connectivity index (χ0n) is 11.6. The van der Waals surface area contributed by atoms with Gasteiger partial charge in [0.05, 0.1) is 17.1 Å². The fourth-order valence-electron chi connectivity index (χ4n) is 1.64. The summed E-state index contributed by atoms with van der Waals surface area (Å²) in [5.74, 6) is -0.913. The number of anilines is 1. The maximum absolute atomic E-state index is 11.8. The molecule has 116 valence electrons. The van der Waals surface area contributed by atoms with Crippen LogP contribution in [-0.4, -0.2) is 28.6 Å². The Kier molecular flexibility index (Phi) is 5.35. The molecule has 0 aliphatic carbocycles. The highest BCUT2D eigenvalue weighted by molar-refractivity contribution is 7.16. The third-order valence-electron chi connectivity index (χ3n) is 2.65. The average molecular weight is 341 g/mol. The first-order chi connectivity index (χ1) is 10.5. The van der Waals surface area contributed by atoms with E-state index < -0.39 is 11.9 Å². The molecule has 0 unspecified atom stereocenters. The second-order valence-electron chi connectivity index (χ2n) is 4.37. The molecular weight excluding hydrogens is 328 g/mol. The average Bonchev–Trinajstić information content (AvgIpc) is 2.77. The number of hydrogen-bond acceptors (Lipinski definition) is 5. The lowest BCUT2D eigenvalue weighted by molar-refractivity contribution is -0.136. The van der Waals surface area contributed by atoms with Crippen molar-refractivity contribution in [2.45, 2.75) is 13.3 Å². The number of nitrogens with one attached hydrogen (secondary N) is 1. The van der Waals surface area contributed by atoms with E-state index in [1.54, 1.807) is 31.2 Å². The number of thiazole rings is 1. The Bertz CT molecular complexity index is 702. The van der Waals surface area contributed by atoms with Gasteiger partial charge in [-0.25, -0.2) is 4.98 Å². The highest BCUT2D eigenvalue weighted by atomic mass is 35.5. The van der Waals surface area contributed by atoms with Gasteiger partial charge in [-0.2, -0.15) is 0 Å². The molecule has 0 aliphatic rings. The number of carboxylic acids is 1. The van der Waals surface area contributed by atoms with E-state index in [1.165, 1.54) is 0 Å². The molecule has 8 heteroatoms. The van der Waals surface area contributed by atoms with Crippen LogP contribution in [0.25, 0.3) is 0 Å². The minimum absolute atomic E-state index is 0.116. The van der Waals surface area contributed by atoms with Gasteiger partial charge in [0.25, 0.3) is 5.91 Å². The van der Waals surface area contributed by atoms with Crippen molar-refractivity contribution in [2.75, 3.05) is 11.9 Å². The van der Waals surface area contributed by atoms with E-state index in [2.05, 4.69) is 10.3 Å². The predicted molar refractivity (Wildman–Crippen MR) is 83.8 cm³/mol. The first kappa shape index (κ1) is 16.3. The van der Waals surface area contributed by atoms with Gasteiger partial charge in [-0.15, -0.1) is 11.3 Å². The van der Waals surface area contributed by atoms with Crippen molar-refractivity contribution in [3.8, 4) is 5.75 Å². The van der Waals surface area contributed by atoms with Crippen LogP contribution in [0.4, 0.5) is 5.13 Å². The molecule has 0 radical (unpaired) electrons. The quantitative estimate of drug-likeness (QED) is 0.844. The summed E-state index contributed by atoms with van der Waals surface area (Å²) in [6.07, 6.45) is -0.116. The molecule has 0 spiro atoms. The fraction of sp³-hybridized carbons (Fsp3) is 0.214. The number of halogens is 1. The number of hydrogen-bond donors (Lipinski definition) is 2. The Morgan fingerprint density at radius 3 is 2.82 bits per heavy atom. The van der Waals surface area contributed by atoms with Crippen LogP contribution in [0.3, 0.4) is 0 Å². The number of carbonyl (C=O) groups is 2. The van der Waals surface area contributed by atoms with E-state index in [1.807, 2.05) is 0 Å². The standard InChI is InChI=1S/C14H13ClN2O4S/c1-8-11(6-13(19)20)22-14(16-8)17-12(18)7-21-10-5-3-2-4-9(10)15/h2-5H,6-7H2,1H3,(H,19,20)(H,16,17,18). The first-order valence-corrected chi connectivity index (χ1v) is 7.50. The van der Waals surface area contributed by atoms with Crippen molar-refractivity contribution in [3.05, 3.63) is 39.9 Å². The molecule has 6 nitrogen and oxygen atoms in total. The van der Waals surface area contributed by atoms with Crippen LogP contribution in [-0.2, 0) is 16.0 Å². The van der Waals surface area contributed by atoms with E-state index in [-0.39, 0.29) is 13.0 Å². The van der Waals surface area contributed by atoms with Crippen LogP contribution >= 0.6 is 22.9 Å². The molecule has 1 aromatic carbocycles. The fourth-order valence-corrected chi connectivity index (χ4v) is 2.80. The lowest BCUT2D eigenvalue weighted by atomic mass is 10.3. The van der Waals surface area contributed by atoms with Crippen LogP contribution in [0.1, 0.15) is 10.6 Å². The lowest BCUT2D eigenvalue weighted by Crippen LogP contribution is -2.20. The van der Waals surface area contributed by atoms with Crippen LogP contribution in [0, 0.1) is 6.92 Å². The summed E-state index contributed by atoms with van der Waals surface area (Å²) >= 11 is 7.05. The normalized spacial score (nSPS) is 10.3. The number of para-hydroxylation sites is 1. The minimum Gasteiger partial charge on any atom is -0.482 e. The lowest BCUT2D eigenvalue weighted by Gasteiger charge is -2.06. The maximum Gasteiger partial charge on any atom is 0.308 e. The molecular formula is C14H13ClN2O4S. The first-order valence-electron chi connectivity index (χ1n) is 6.31. The third kappa shape index (κ3) is 4.44. The highest BCUT2D eigenvalue weighted by Gasteiger charge is 2.13. The molecule has 0 saturated carbocycles. The van der Waals surface area contributed by atoms with Gasteiger partial charge in [0, 0.05) is 4.88 Å². The van der Waals surface area contributed by atoms with Gasteiger partial charge in [-0.05, 0) is 19.1 Å². The molecule has 0 bridgehead atoms. The van der Waals surface area contributed by atoms with E-state index >= 15 is 0 Å². The molecule has 0 aliphatic heterocycles. The summed E-state index contributed by atoms with van der Waals surface area (Å²) in [6, 6.07) is 6.84. The number of amides is 1. The minimum atomic E-state index is -0.938. The van der Waals surface area contributed by atoms with Crippen LogP contribution in [0.5, 0.6) is 5.75 Å². The second kappa shape index (κ2) is 7.24. The number of carboxylic acid groups (broad SMARTS) is 1. The Morgan fingerprint density at radius 2 is 2.14 bits per heavy atom. The summed E-state index contributed by atoms with van der Waals surface area (Å²) in [5.41, 5.74) is 0.592. The summed E-state index contributed by atoms with van der Waals surface area (Å²) in [6.45, 7) is 1.49. The molecule has 1 heterocycles. The van der Waals surface area contributed by atoms with Crippen molar-refractivity contribution in [1.82, 2.24) is 4.98 Å². The van der Waals surface area contributed by atoms with Crippen molar-refractivity contribution in [1.29, 1.82) is 0 Å². The summed E-state index contributed by atoms with van der Waals surface area (Å²) in [7, 11) is 0. The summed E-state index contributed by atoms with van der Waals surface area (Å²) in [5, 5.41) is 12.1. The van der Waals surface area contributed by atoms with E-state index in [0.29, 0.717) is 26.5 Å². The van der Waals surface area contributed by atoms with Crippen molar-refractivity contribution in [3.63, 3.8) is 0 Å². The van der Waals surface area contributed by atoms with Crippen LogP contribution in [0.15, 0.2) is 24.3 Å². The Balaban J connectivity index is 1.92. The van der Waals surface area contributed by atoms with E-state index in [0.717, 1.165) is 11.3 Å². The Morgan fingerprint density at radius 1 is 1.41 bits per heavy atom. The van der Waals surface area contributed by atoms with Crippen molar-refractivity contribution in [2.24, 2.45) is 0 Å². The molecule has 0 fully saturated rings. The second-order valence-corrected chi connectivity index (χ2v) is 5.86. The maximum atomic E-state index is 11.8. The number of aryl methyl sites for hydroxylation is 1. The smallest absolute Gasteiger partial charge is 0.308 e. The number of nitrogens with zero attached hydrogens (tertiary/aromatic N) is 1. The topological polar surface area (TPSA) is 88.5 Å². The molecule has 2 rings (SSSR count). The number of ether oxygens (including phenoxy) is 1. The molecule has 0 saturated heterocycles. The summed E-state index contributed by atoms with van der Waals surface area (Å²) < 4.78 is 5.31. The van der Waals surface area contributed by atoms with Crippen molar-refractivity contribution >= 4 is 39.9 Å². The molecule has 0 atom stereocenters.